The minimum atomic E-state index is -0.572. The van der Waals surface area contributed by atoms with Crippen molar-refractivity contribution < 1.29 is 9.53 Å². The molecule has 100 valence electrons. The van der Waals surface area contributed by atoms with Crippen LogP contribution in [0.2, 0.25) is 0 Å². The molecule has 0 saturated carbocycles. The highest BCUT2D eigenvalue weighted by Gasteiger charge is 2.13. The summed E-state index contributed by atoms with van der Waals surface area (Å²) in [6.45, 7) is 1.07. The van der Waals surface area contributed by atoms with Crippen LogP contribution >= 0.6 is 0 Å². The van der Waals surface area contributed by atoms with E-state index in [9.17, 15) is 14.4 Å². The van der Waals surface area contributed by atoms with Gasteiger partial charge >= 0.3 is 11.7 Å². The van der Waals surface area contributed by atoms with Gasteiger partial charge in [-0.15, -0.1) is 10.2 Å². The highest BCUT2D eigenvalue weighted by atomic mass is 16.5. The van der Waals surface area contributed by atoms with Gasteiger partial charge in [0.1, 0.15) is 0 Å². The predicted molar refractivity (Wildman–Crippen MR) is 63.3 cm³/mol. The minimum Gasteiger partial charge on any atom is -0.458 e. The maximum atomic E-state index is 11.9. The van der Waals surface area contributed by atoms with E-state index in [-0.39, 0.29) is 23.6 Å². The monoisotopic (exact) mass is 265 g/mol. The molecule has 2 aromatic rings. The second-order valence-corrected chi connectivity index (χ2v) is 3.89. The average Bonchev–Trinajstić information content (AvgIpc) is 2.40. The molecule has 0 N–H and O–H groups in total. The van der Waals surface area contributed by atoms with Crippen molar-refractivity contribution in [3.8, 4) is 0 Å². The second-order valence-electron chi connectivity index (χ2n) is 3.89. The third kappa shape index (κ3) is 2.21. The summed E-state index contributed by atoms with van der Waals surface area (Å²) in [5.74, 6) is -0.393. The van der Waals surface area contributed by atoms with Crippen LogP contribution in [0.5, 0.6) is 0 Å². The van der Waals surface area contributed by atoms with E-state index < -0.39 is 17.2 Å². The van der Waals surface area contributed by atoms with Gasteiger partial charge in [0.05, 0.1) is 0 Å². The van der Waals surface area contributed by atoms with E-state index in [0.29, 0.717) is 0 Å². The standard InChI is InChI=1S/C10H11N5O4/c1-5(16)19-4-6-11-7-8(13-12-6)14(2)10(18)15(3)9(7)17/h4H2,1-3H3. The highest BCUT2D eigenvalue weighted by Crippen LogP contribution is 2.00. The van der Waals surface area contributed by atoms with Gasteiger partial charge < -0.3 is 4.74 Å². The van der Waals surface area contributed by atoms with Crippen molar-refractivity contribution in [2.45, 2.75) is 13.5 Å². The lowest BCUT2D eigenvalue weighted by molar-refractivity contribution is -0.142. The maximum Gasteiger partial charge on any atom is 0.332 e. The molecular formula is C10H11N5O4. The molecule has 2 heterocycles. The van der Waals surface area contributed by atoms with Crippen LogP contribution in [0.15, 0.2) is 9.59 Å². The van der Waals surface area contributed by atoms with Crippen molar-refractivity contribution in [3.63, 3.8) is 0 Å². The molecule has 9 heteroatoms. The fourth-order valence-electron chi connectivity index (χ4n) is 1.51. The van der Waals surface area contributed by atoms with Crippen LogP contribution in [0.3, 0.4) is 0 Å². The Hall–Kier alpha value is -2.58. The molecule has 0 bridgehead atoms. The number of carbonyl (C=O) groups excluding carboxylic acids is 1. The van der Waals surface area contributed by atoms with Crippen molar-refractivity contribution in [2.24, 2.45) is 14.1 Å². The summed E-state index contributed by atoms with van der Waals surface area (Å²) in [4.78, 5) is 38.2. The zero-order valence-electron chi connectivity index (χ0n) is 10.6. The molecule has 0 saturated heterocycles. The number of aromatic nitrogens is 5. The molecule has 2 rings (SSSR count). The lowest BCUT2D eigenvalue weighted by atomic mass is 10.5. The number of esters is 1. The molecule has 0 aliphatic rings. The summed E-state index contributed by atoms with van der Waals surface area (Å²) in [6.07, 6.45) is 0. The van der Waals surface area contributed by atoms with E-state index in [1.54, 1.807) is 0 Å². The average molecular weight is 265 g/mol. The maximum absolute atomic E-state index is 11.9. The molecule has 0 spiro atoms. The summed E-state index contributed by atoms with van der Waals surface area (Å²) in [6, 6.07) is 0. The first-order chi connectivity index (χ1) is 8.91. The van der Waals surface area contributed by atoms with Gasteiger partial charge in [0.15, 0.2) is 23.6 Å². The first-order valence-corrected chi connectivity index (χ1v) is 5.34. The van der Waals surface area contributed by atoms with Crippen LogP contribution in [0, 0.1) is 0 Å². The first-order valence-electron chi connectivity index (χ1n) is 5.34. The van der Waals surface area contributed by atoms with E-state index in [1.807, 2.05) is 0 Å². The Balaban J connectivity index is 2.63. The third-order valence-electron chi connectivity index (χ3n) is 2.52. The van der Waals surface area contributed by atoms with Crippen LogP contribution < -0.4 is 11.2 Å². The lowest BCUT2D eigenvalue weighted by Crippen LogP contribution is -2.38. The van der Waals surface area contributed by atoms with Gasteiger partial charge in [0.2, 0.25) is 0 Å². The van der Waals surface area contributed by atoms with Crippen molar-refractivity contribution in [1.82, 2.24) is 24.3 Å². The van der Waals surface area contributed by atoms with Crippen LogP contribution in [0.4, 0.5) is 0 Å². The SMILES string of the molecule is CC(=O)OCc1nnc2c(n1)c(=O)n(C)c(=O)n2C. The van der Waals surface area contributed by atoms with Gasteiger partial charge in [-0.05, 0) is 0 Å². The summed E-state index contributed by atoms with van der Waals surface area (Å²) < 4.78 is 6.82. The Bertz CT molecular complexity index is 776. The molecule has 0 radical (unpaired) electrons. The molecule has 0 unspecified atom stereocenters. The number of carbonyl (C=O) groups is 1. The van der Waals surface area contributed by atoms with Crippen molar-refractivity contribution in [1.29, 1.82) is 0 Å². The van der Waals surface area contributed by atoms with E-state index in [2.05, 4.69) is 15.2 Å². The Morgan fingerprint density at radius 2 is 1.89 bits per heavy atom. The molecule has 19 heavy (non-hydrogen) atoms. The molecular weight excluding hydrogens is 254 g/mol. The Morgan fingerprint density at radius 1 is 1.21 bits per heavy atom. The predicted octanol–water partition coefficient (Wildman–Crippen LogP) is -1.51. The summed E-state index contributed by atoms with van der Waals surface area (Å²) in [5.41, 5.74) is -1.00. The van der Waals surface area contributed by atoms with E-state index in [0.717, 1.165) is 4.57 Å². The first kappa shape index (κ1) is 12.9. The summed E-state index contributed by atoms with van der Waals surface area (Å²) in [7, 11) is 2.81. The van der Waals surface area contributed by atoms with Crippen molar-refractivity contribution >= 4 is 17.1 Å². The Morgan fingerprint density at radius 3 is 2.53 bits per heavy atom. The third-order valence-corrected chi connectivity index (χ3v) is 2.52. The summed E-state index contributed by atoms with van der Waals surface area (Å²) >= 11 is 0. The van der Waals surface area contributed by atoms with Crippen molar-refractivity contribution in [3.05, 3.63) is 26.7 Å². The fraction of sp³-hybridized carbons (Fsp3) is 0.400. The second kappa shape index (κ2) is 4.59. The van der Waals surface area contributed by atoms with Gasteiger partial charge in [-0.3, -0.25) is 18.7 Å². The molecule has 0 aromatic carbocycles. The Kier molecular flexibility index (Phi) is 3.11. The molecule has 0 fully saturated rings. The van der Waals surface area contributed by atoms with Gasteiger partial charge in [-0.25, -0.2) is 9.78 Å². The number of fused-ring (bicyclic) bond motifs is 1. The number of hydrogen-bond acceptors (Lipinski definition) is 7. The number of hydrogen-bond donors (Lipinski definition) is 0. The molecule has 0 atom stereocenters. The molecule has 0 amide bonds. The molecule has 9 nitrogen and oxygen atoms in total. The quantitative estimate of drug-likeness (QED) is 0.607. The van der Waals surface area contributed by atoms with Crippen LogP contribution in [-0.4, -0.2) is 30.3 Å². The fourth-order valence-corrected chi connectivity index (χ4v) is 1.51. The van der Waals surface area contributed by atoms with Crippen LogP contribution in [0.1, 0.15) is 12.7 Å². The van der Waals surface area contributed by atoms with Gasteiger partial charge in [0, 0.05) is 21.0 Å². The Labute approximate surface area is 106 Å². The van der Waals surface area contributed by atoms with Crippen LogP contribution in [0.25, 0.3) is 11.2 Å². The smallest absolute Gasteiger partial charge is 0.332 e. The number of ether oxygens (including phenoxy) is 1. The molecule has 0 aliphatic heterocycles. The number of nitrogens with zero attached hydrogens (tertiary/aromatic N) is 5. The van der Waals surface area contributed by atoms with Crippen LogP contribution in [-0.2, 0) is 30.2 Å². The van der Waals surface area contributed by atoms with E-state index >= 15 is 0 Å². The molecule has 2 aromatic heterocycles. The number of aryl methyl sites for hydroxylation is 1. The van der Waals surface area contributed by atoms with E-state index in [4.69, 9.17) is 4.74 Å². The van der Waals surface area contributed by atoms with E-state index in [1.165, 1.54) is 25.6 Å². The zero-order chi connectivity index (χ0) is 14.2. The summed E-state index contributed by atoms with van der Waals surface area (Å²) in [5, 5.41) is 7.47. The number of rotatable bonds is 2. The zero-order valence-corrected chi connectivity index (χ0v) is 10.6. The van der Waals surface area contributed by atoms with Crippen molar-refractivity contribution in [2.75, 3.05) is 0 Å². The molecule has 0 aliphatic carbocycles. The van der Waals surface area contributed by atoms with Gasteiger partial charge in [-0.1, -0.05) is 0 Å². The topological polar surface area (TPSA) is 109 Å². The highest BCUT2D eigenvalue weighted by molar-refractivity contribution is 5.68. The minimum absolute atomic E-state index is 0.00162. The lowest BCUT2D eigenvalue weighted by Gasteiger charge is -2.06. The largest absolute Gasteiger partial charge is 0.458 e. The van der Waals surface area contributed by atoms with Gasteiger partial charge in [0.25, 0.3) is 5.56 Å². The van der Waals surface area contributed by atoms with Gasteiger partial charge in [-0.2, -0.15) is 0 Å². The normalized spacial score (nSPS) is 10.7.